The highest BCUT2D eigenvalue weighted by Gasteiger charge is 2.12. The van der Waals surface area contributed by atoms with Crippen LogP contribution in [0.4, 0.5) is 0 Å². The summed E-state index contributed by atoms with van der Waals surface area (Å²) in [6.45, 7) is 6.27. The molecule has 1 aliphatic carbocycles. The summed E-state index contributed by atoms with van der Waals surface area (Å²) < 4.78 is 11.4. The van der Waals surface area contributed by atoms with Crippen LogP contribution in [0.5, 0.6) is 5.75 Å². The summed E-state index contributed by atoms with van der Waals surface area (Å²) in [5, 5.41) is 3.31. The molecule has 1 aliphatic rings. The molecule has 0 aliphatic heterocycles. The van der Waals surface area contributed by atoms with Crippen LogP contribution in [0.2, 0.25) is 0 Å². The highest BCUT2D eigenvalue weighted by molar-refractivity contribution is 5.27. The normalized spacial score (nSPS) is 16.0. The van der Waals surface area contributed by atoms with E-state index in [0.29, 0.717) is 13.2 Å². The Morgan fingerprint density at radius 1 is 1.05 bits per heavy atom. The first-order chi connectivity index (χ1) is 10.4. The van der Waals surface area contributed by atoms with Crippen molar-refractivity contribution in [3.8, 4) is 5.75 Å². The Morgan fingerprint density at radius 2 is 1.81 bits per heavy atom. The molecule has 1 N–H and O–H groups in total. The zero-order valence-corrected chi connectivity index (χ0v) is 13.3. The van der Waals surface area contributed by atoms with Crippen LogP contribution < -0.4 is 10.1 Å². The molecule has 1 fully saturated rings. The van der Waals surface area contributed by atoms with E-state index < -0.39 is 0 Å². The maximum atomic E-state index is 5.74. The van der Waals surface area contributed by atoms with E-state index in [0.717, 1.165) is 31.4 Å². The Kier molecular flexibility index (Phi) is 7.61. The third-order valence-electron chi connectivity index (χ3n) is 4.08. The molecule has 3 heteroatoms. The van der Waals surface area contributed by atoms with Crippen LogP contribution in [0.15, 0.2) is 24.3 Å². The quantitative estimate of drug-likeness (QED) is 0.703. The van der Waals surface area contributed by atoms with Crippen molar-refractivity contribution >= 4 is 0 Å². The Bertz CT molecular complexity index is 371. The molecule has 118 valence electrons. The molecule has 0 heterocycles. The molecule has 0 bridgehead atoms. The highest BCUT2D eigenvalue weighted by atomic mass is 16.5. The summed E-state index contributed by atoms with van der Waals surface area (Å²) in [4.78, 5) is 0. The summed E-state index contributed by atoms with van der Waals surface area (Å²) in [7, 11) is 0. The van der Waals surface area contributed by atoms with Crippen molar-refractivity contribution in [2.24, 2.45) is 5.92 Å². The van der Waals surface area contributed by atoms with Crippen molar-refractivity contribution in [1.82, 2.24) is 5.32 Å². The SMILES string of the molecule is CCNCc1ccc(OCCOCC2CCCCC2)cc1. The van der Waals surface area contributed by atoms with E-state index in [1.54, 1.807) is 0 Å². The molecular formula is C18H29NO2. The number of hydrogen-bond donors (Lipinski definition) is 1. The lowest BCUT2D eigenvalue weighted by molar-refractivity contribution is 0.0635. The van der Waals surface area contributed by atoms with E-state index in [9.17, 15) is 0 Å². The van der Waals surface area contributed by atoms with Gasteiger partial charge in [-0.2, -0.15) is 0 Å². The average Bonchev–Trinajstić information content (AvgIpc) is 2.55. The average molecular weight is 291 g/mol. The molecule has 0 amide bonds. The Hall–Kier alpha value is -1.06. The predicted molar refractivity (Wildman–Crippen MR) is 86.7 cm³/mol. The molecule has 21 heavy (non-hydrogen) atoms. The fraction of sp³-hybridized carbons (Fsp3) is 0.667. The van der Waals surface area contributed by atoms with Gasteiger partial charge >= 0.3 is 0 Å². The molecule has 2 rings (SSSR count). The maximum absolute atomic E-state index is 5.74. The topological polar surface area (TPSA) is 30.5 Å². The van der Waals surface area contributed by atoms with Gasteiger partial charge in [0.25, 0.3) is 0 Å². The fourth-order valence-electron chi connectivity index (χ4n) is 2.80. The number of hydrogen-bond acceptors (Lipinski definition) is 3. The van der Waals surface area contributed by atoms with Gasteiger partial charge in [0.05, 0.1) is 6.61 Å². The van der Waals surface area contributed by atoms with Gasteiger partial charge in [0.15, 0.2) is 0 Å². The van der Waals surface area contributed by atoms with Crippen LogP contribution in [-0.2, 0) is 11.3 Å². The molecule has 0 atom stereocenters. The smallest absolute Gasteiger partial charge is 0.119 e. The minimum atomic E-state index is 0.638. The first kappa shape index (κ1) is 16.3. The van der Waals surface area contributed by atoms with E-state index in [4.69, 9.17) is 9.47 Å². The molecule has 3 nitrogen and oxygen atoms in total. The van der Waals surface area contributed by atoms with Crippen molar-refractivity contribution in [2.45, 2.75) is 45.6 Å². The molecular weight excluding hydrogens is 262 g/mol. The number of ether oxygens (including phenoxy) is 2. The van der Waals surface area contributed by atoms with Crippen LogP contribution in [0.3, 0.4) is 0 Å². The minimum Gasteiger partial charge on any atom is -0.491 e. The monoisotopic (exact) mass is 291 g/mol. The molecule has 1 aromatic carbocycles. The van der Waals surface area contributed by atoms with Gasteiger partial charge in [-0.25, -0.2) is 0 Å². The lowest BCUT2D eigenvalue weighted by Gasteiger charge is -2.21. The zero-order valence-electron chi connectivity index (χ0n) is 13.3. The van der Waals surface area contributed by atoms with Crippen LogP contribution >= 0.6 is 0 Å². The van der Waals surface area contributed by atoms with Gasteiger partial charge < -0.3 is 14.8 Å². The molecule has 1 saturated carbocycles. The Labute approximate surface area is 129 Å². The first-order valence-corrected chi connectivity index (χ1v) is 8.38. The van der Waals surface area contributed by atoms with Crippen LogP contribution in [0, 0.1) is 5.92 Å². The van der Waals surface area contributed by atoms with Gasteiger partial charge in [-0.05, 0) is 43.0 Å². The van der Waals surface area contributed by atoms with Crippen molar-refractivity contribution in [2.75, 3.05) is 26.4 Å². The Morgan fingerprint density at radius 3 is 2.52 bits per heavy atom. The van der Waals surface area contributed by atoms with Gasteiger partial charge in [-0.15, -0.1) is 0 Å². The van der Waals surface area contributed by atoms with Gasteiger partial charge in [0, 0.05) is 13.2 Å². The van der Waals surface area contributed by atoms with E-state index in [2.05, 4.69) is 24.4 Å². The molecule has 1 aromatic rings. The Balaban J connectivity index is 1.55. The van der Waals surface area contributed by atoms with Crippen molar-refractivity contribution in [1.29, 1.82) is 0 Å². The lowest BCUT2D eigenvalue weighted by atomic mass is 9.90. The summed E-state index contributed by atoms with van der Waals surface area (Å²) in [6, 6.07) is 8.30. The molecule has 0 aromatic heterocycles. The highest BCUT2D eigenvalue weighted by Crippen LogP contribution is 2.23. The molecule has 0 spiro atoms. The standard InChI is InChI=1S/C18H29NO2/c1-2-19-14-16-8-10-18(11-9-16)21-13-12-20-15-17-6-4-3-5-7-17/h8-11,17,19H,2-7,12-15H2,1H3. The van der Waals surface area contributed by atoms with Gasteiger partial charge in [-0.1, -0.05) is 38.3 Å². The lowest BCUT2D eigenvalue weighted by Crippen LogP contribution is -2.16. The van der Waals surface area contributed by atoms with Crippen molar-refractivity contribution in [3.63, 3.8) is 0 Å². The fourth-order valence-corrected chi connectivity index (χ4v) is 2.80. The largest absolute Gasteiger partial charge is 0.491 e. The maximum Gasteiger partial charge on any atom is 0.119 e. The van der Waals surface area contributed by atoms with E-state index in [-0.39, 0.29) is 0 Å². The van der Waals surface area contributed by atoms with E-state index in [1.165, 1.54) is 37.7 Å². The summed E-state index contributed by atoms with van der Waals surface area (Å²) in [5.41, 5.74) is 1.29. The summed E-state index contributed by atoms with van der Waals surface area (Å²) >= 11 is 0. The van der Waals surface area contributed by atoms with Crippen LogP contribution in [-0.4, -0.2) is 26.4 Å². The molecule has 0 saturated heterocycles. The summed E-state index contributed by atoms with van der Waals surface area (Å²) in [6.07, 6.45) is 6.85. The minimum absolute atomic E-state index is 0.638. The van der Waals surface area contributed by atoms with Crippen LogP contribution in [0.25, 0.3) is 0 Å². The van der Waals surface area contributed by atoms with Gasteiger partial charge in [0.1, 0.15) is 12.4 Å². The predicted octanol–water partition coefficient (Wildman–Crippen LogP) is 3.77. The van der Waals surface area contributed by atoms with Gasteiger partial charge in [-0.3, -0.25) is 0 Å². The number of nitrogens with one attached hydrogen (secondary N) is 1. The second kappa shape index (κ2) is 9.80. The second-order valence-electron chi connectivity index (χ2n) is 5.85. The van der Waals surface area contributed by atoms with Crippen molar-refractivity contribution in [3.05, 3.63) is 29.8 Å². The van der Waals surface area contributed by atoms with Crippen molar-refractivity contribution < 1.29 is 9.47 Å². The second-order valence-corrected chi connectivity index (χ2v) is 5.85. The summed E-state index contributed by atoms with van der Waals surface area (Å²) in [5.74, 6) is 1.71. The third-order valence-corrected chi connectivity index (χ3v) is 4.08. The van der Waals surface area contributed by atoms with E-state index in [1.807, 2.05) is 12.1 Å². The van der Waals surface area contributed by atoms with Crippen LogP contribution in [0.1, 0.15) is 44.6 Å². The van der Waals surface area contributed by atoms with E-state index >= 15 is 0 Å². The molecule has 0 radical (unpaired) electrons. The first-order valence-electron chi connectivity index (χ1n) is 8.38. The third kappa shape index (κ3) is 6.49. The van der Waals surface area contributed by atoms with Gasteiger partial charge in [0.2, 0.25) is 0 Å². The zero-order chi connectivity index (χ0) is 14.8. The number of rotatable bonds is 9. The number of benzene rings is 1. The molecule has 0 unspecified atom stereocenters.